The highest BCUT2D eigenvalue weighted by molar-refractivity contribution is 5.27. The van der Waals surface area contributed by atoms with Gasteiger partial charge in [-0.25, -0.2) is 0 Å². The van der Waals surface area contributed by atoms with E-state index in [9.17, 15) is 5.11 Å². The van der Waals surface area contributed by atoms with Crippen LogP contribution < -0.4 is 0 Å². The Balaban J connectivity index is 2.32. The van der Waals surface area contributed by atoms with E-state index in [-0.39, 0.29) is 6.10 Å². The lowest BCUT2D eigenvalue weighted by Gasteiger charge is -2.24. The second-order valence-corrected chi connectivity index (χ2v) is 4.91. The lowest BCUT2D eigenvalue weighted by atomic mass is 9.84. The fraction of sp³-hybridized carbons (Fsp3) is 0.467. The van der Waals surface area contributed by atoms with Gasteiger partial charge in [0.25, 0.3) is 0 Å². The smallest absolute Gasteiger partial charge is 0.0577 e. The van der Waals surface area contributed by atoms with Gasteiger partial charge in [0.15, 0.2) is 0 Å². The molecule has 0 heterocycles. The summed E-state index contributed by atoms with van der Waals surface area (Å²) in [5.74, 6) is 0.665. The summed E-state index contributed by atoms with van der Waals surface area (Å²) in [6, 6.07) is 10.5. The van der Waals surface area contributed by atoms with Crippen LogP contribution in [-0.4, -0.2) is 11.2 Å². The van der Waals surface area contributed by atoms with Crippen LogP contribution in [0.2, 0.25) is 0 Å². The third kappa shape index (κ3) is 2.35. The molecule has 16 heavy (non-hydrogen) atoms. The quantitative estimate of drug-likeness (QED) is 0.712. The zero-order valence-electron chi connectivity index (χ0n) is 10.1. The van der Waals surface area contributed by atoms with E-state index in [1.165, 1.54) is 11.1 Å². The predicted molar refractivity (Wildman–Crippen MR) is 67.3 cm³/mol. The van der Waals surface area contributed by atoms with Crippen molar-refractivity contribution in [3.05, 3.63) is 47.5 Å². The standard InChI is InChI=1S/C15H20O/c1-11-8-9-15(16)12(2)14(10-11)13-6-4-3-5-7-13/h3-7,10,12,14-16H,8-9H2,1-2H3/t12-,14?,15+/m0/s1. The van der Waals surface area contributed by atoms with Crippen LogP contribution in [0, 0.1) is 5.92 Å². The van der Waals surface area contributed by atoms with E-state index >= 15 is 0 Å². The number of benzene rings is 1. The number of hydrogen-bond donors (Lipinski definition) is 1. The van der Waals surface area contributed by atoms with Crippen LogP contribution in [-0.2, 0) is 0 Å². The summed E-state index contributed by atoms with van der Waals surface area (Å²) in [5, 5.41) is 10.1. The van der Waals surface area contributed by atoms with E-state index in [2.05, 4.69) is 44.2 Å². The molecule has 0 saturated heterocycles. The molecule has 1 unspecified atom stereocenters. The van der Waals surface area contributed by atoms with Crippen LogP contribution in [0.3, 0.4) is 0 Å². The van der Waals surface area contributed by atoms with Crippen LogP contribution in [0.5, 0.6) is 0 Å². The van der Waals surface area contributed by atoms with E-state index < -0.39 is 0 Å². The molecule has 1 heteroatoms. The molecule has 0 aromatic heterocycles. The van der Waals surface area contributed by atoms with Gasteiger partial charge in [-0.05, 0) is 31.2 Å². The van der Waals surface area contributed by atoms with Gasteiger partial charge in [-0.1, -0.05) is 48.9 Å². The third-order valence-corrected chi connectivity index (χ3v) is 3.66. The molecule has 1 aliphatic rings. The maximum absolute atomic E-state index is 10.1. The Morgan fingerprint density at radius 1 is 1.19 bits per heavy atom. The van der Waals surface area contributed by atoms with Crippen LogP contribution in [0.1, 0.15) is 38.2 Å². The zero-order chi connectivity index (χ0) is 11.5. The minimum absolute atomic E-state index is 0.182. The molecule has 0 aliphatic heterocycles. The average molecular weight is 216 g/mol. The number of aliphatic hydroxyl groups is 1. The van der Waals surface area contributed by atoms with Crippen LogP contribution in [0.4, 0.5) is 0 Å². The van der Waals surface area contributed by atoms with E-state index in [1.807, 2.05) is 6.07 Å². The monoisotopic (exact) mass is 216 g/mol. The highest BCUT2D eigenvalue weighted by atomic mass is 16.3. The molecule has 86 valence electrons. The van der Waals surface area contributed by atoms with Crippen molar-refractivity contribution in [2.45, 2.75) is 38.7 Å². The minimum atomic E-state index is -0.182. The first-order chi connectivity index (χ1) is 7.68. The number of rotatable bonds is 1. The van der Waals surface area contributed by atoms with Gasteiger partial charge in [0, 0.05) is 5.92 Å². The highest BCUT2D eigenvalue weighted by Gasteiger charge is 2.26. The summed E-state index contributed by atoms with van der Waals surface area (Å²) in [5.41, 5.74) is 2.72. The minimum Gasteiger partial charge on any atom is -0.393 e. The molecule has 1 nitrogen and oxygen atoms in total. The molecule has 0 amide bonds. The van der Waals surface area contributed by atoms with E-state index in [0.29, 0.717) is 11.8 Å². The summed E-state index contributed by atoms with van der Waals surface area (Å²) in [7, 11) is 0. The van der Waals surface area contributed by atoms with Gasteiger partial charge in [-0.15, -0.1) is 0 Å². The van der Waals surface area contributed by atoms with Gasteiger partial charge in [0.2, 0.25) is 0 Å². The van der Waals surface area contributed by atoms with Crippen molar-refractivity contribution in [3.63, 3.8) is 0 Å². The Bertz CT molecular complexity index is 366. The maximum Gasteiger partial charge on any atom is 0.0577 e. The Morgan fingerprint density at radius 3 is 2.56 bits per heavy atom. The maximum atomic E-state index is 10.1. The number of aliphatic hydroxyl groups excluding tert-OH is 1. The average Bonchev–Trinajstić information content (AvgIpc) is 2.44. The molecule has 0 spiro atoms. The van der Waals surface area contributed by atoms with Gasteiger partial charge in [0.1, 0.15) is 0 Å². The molecule has 1 aliphatic carbocycles. The molecule has 1 N–H and O–H groups in total. The Hall–Kier alpha value is -1.08. The summed E-state index contributed by atoms with van der Waals surface area (Å²) in [6.07, 6.45) is 4.07. The van der Waals surface area contributed by atoms with Crippen LogP contribution in [0.15, 0.2) is 42.0 Å². The fourth-order valence-electron chi connectivity index (χ4n) is 2.49. The molecular weight excluding hydrogens is 196 g/mol. The number of allylic oxidation sites excluding steroid dienone is 2. The second-order valence-electron chi connectivity index (χ2n) is 4.91. The Labute approximate surface area is 97.8 Å². The molecule has 0 bridgehead atoms. The third-order valence-electron chi connectivity index (χ3n) is 3.66. The largest absolute Gasteiger partial charge is 0.393 e. The van der Waals surface area contributed by atoms with Crippen molar-refractivity contribution in [2.24, 2.45) is 5.92 Å². The molecule has 3 atom stereocenters. The summed E-state index contributed by atoms with van der Waals surface area (Å²) in [6.45, 7) is 4.32. The van der Waals surface area contributed by atoms with Gasteiger partial charge >= 0.3 is 0 Å². The number of hydrogen-bond acceptors (Lipinski definition) is 1. The lowest BCUT2D eigenvalue weighted by molar-refractivity contribution is 0.104. The van der Waals surface area contributed by atoms with Crippen molar-refractivity contribution >= 4 is 0 Å². The first-order valence-electron chi connectivity index (χ1n) is 6.09. The van der Waals surface area contributed by atoms with Crippen molar-refractivity contribution in [2.75, 3.05) is 0 Å². The van der Waals surface area contributed by atoms with Crippen molar-refractivity contribution in [1.29, 1.82) is 0 Å². The first-order valence-corrected chi connectivity index (χ1v) is 6.09. The molecule has 0 radical (unpaired) electrons. The summed E-state index contributed by atoms with van der Waals surface area (Å²) >= 11 is 0. The highest BCUT2D eigenvalue weighted by Crippen LogP contribution is 2.34. The van der Waals surface area contributed by atoms with Crippen LogP contribution >= 0.6 is 0 Å². The van der Waals surface area contributed by atoms with Gasteiger partial charge < -0.3 is 5.11 Å². The van der Waals surface area contributed by atoms with Gasteiger partial charge in [-0.2, -0.15) is 0 Å². The second kappa shape index (κ2) is 4.84. The van der Waals surface area contributed by atoms with E-state index in [1.54, 1.807) is 0 Å². The SMILES string of the molecule is CC1=CC(c2ccccc2)[C@H](C)[C@H](O)CC1. The zero-order valence-corrected chi connectivity index (χ0v) is 10.1. The van der Waals surface area contributed by atoms with Crippen molar-refractivity contribution in [3.8, 4) is 0 Å². The Morgan fingerprint density at radius 2 is 1.88 bits per heavy atom. The Kier molecular flexibility index (Phi) is 3.45. The van der Waals surface area contributed by atoms with Gasteiger partial charge in [0.05, 0.1) is 6.10 Å². The predicted octanol–water partition coefficient (Wildman–Crippen LogP) is 3.51. The molecule has 2 rings (SSSR count). The molecule has 1 aromatic carbocycles. The van der Waals surface area contributed by atoms with E-state index in [0.717, 1.165) is 12.8 Å². The molecule has 0 saturated carbocycles. The molecular formula is C15H20O. The lowest BCUT2D eigenvalue weighted by Crippen LogP contribution is -2.21. The normalized spacial score (nSPS) is 30.7. The summed E-state index contributed by atoms with van der Waals surface area (Å²) in [4.78, 5) is 0. The summed E-state index contributed by atoms with van der Waals surface area (Å²) < 4.78 is 0. The first kappa shape index (κ1) is 11.4. The van der Waals surface area contributed by atoms with E-state index in [4.69, 9.17) is 0 Å². The van der Waals surface area contributed by atoms with Crippen molar-refractivity contribution in [1.82, 2.24) is 0 Å². The van der Waals surface area contributed by atoms with Crippen LogP contribution in [0.25, 0.3) is 0 Å². The topological polar surface area (TPSA) is 20.2 Å². The van der Waals surface area contributed by atoms with Crippen molar-refractivity contribution < 1.29 is 5.11 Å². The fourth-order valence-corrected chi connectivity index (χ4v) is 2.49. The molecule has 0 fully saturated rings. The molecule has 1 aromatic rings. The van der Waals surface area contributed by atoms with Gasteiger partial charge in [-0.3, -0.25) is 0 Å².